The molecule has 1 aromatic heterocycles. The van der Waals surface area contributed by atoms with Gasteiger partial charge in [-0.1, -0.05) is 29.8 Å². The first-order valence-corrected chi connectivity index (χ1v) is 10.7. The number of amides is 2. The normalized spacial score (nSPS) is 13.2. The summed E-state index contributed by atoms with van der Waals surface area (Å²) in [4.78, 5) is 22.4. The Labute approximate surface area is 191 Å². The second kappa shape index (κ2) is 10.7. The van der Waals surface area contributed by atoms with E-state index in [0.717, 1.165) is 18.0 Å². The molecule has 3 aromatic rings. The van der Waals surface area contributed by atoms with Crippen molar-refractivity contribution >= 4 is 29.1 Å². The zero-order chi connectivity index (χ0) is 22.2. The highest BCUT2D eigenvalue weighted by molar-refractivity contribution is 6.32. The van der Waals surface area contributed by atoms with Gasteiger partial charge < -0.3 is 25.0 Å². The highest BCUT2D eigenvalue weighted by Crippen LogP contribution is 2.28. The van der Waals surface area contributed by atoms with Crippen LogP contribution in [0, 0.1) is 0 Å². The third-order valence-electron chi connectivity index (χ3n) is 4.86. The third kappa shape index (κ3) is 6.01. The van der Waals surface area contributed by atoms with Crippen molar-refractivity contribution in [3.8, 4) is 11.5 Å². The summed E-state index contributed by atoms with van der Waals surface area (Å²) in [5.74, 6) is 2.26. The Hall–Kier alpha value is -3.52. The van der Waals surface area contributed by atoms with Gasteiger partial charge in [0.05, 0.1) is 24.3 Å². The fourth-order valence-corrected chi connectivity index (χ4v) is 3.46. The van der Waals surface area contributed by atoms with Crippen LogP contribution in [0.25, 0.3) is 0 Å². The first-order valence-electron chi connectivity index (χ1n) is 10.4. The van der Waals surface area contributed by atoms with Crippen molar-refractivity contribution in [3.05, 3.63) is 72.1 Å². The van der Waals surface area contributed by atoms with E-state index in [-0.39, 0.29) is 12.1 Å². The van der Waals surface area contributed by atoms with Crippen LogP contribution >= 0.6 is 11.6 Å². The van der Waals surface area contributed by atoms with Gasteiger partial charge in [0.25, 0.3) is 0 Å². The van der Waals surface area contributed by atoms with Gasteiger partial charge in [-0.15, -0.1) is 0 Å². The second-order valence-electron chi connectivity index (χ2n) is 7.28. The largest absolute Gasteiger partial charge is 0.493 e. The van der Waals surface area contributed by atoms with Crippen molar-refractivity contribution < 1.29 is 14.3 Å². The molecule has 0 atom stereocenters. The number of halogens is 1. The molecule has 0 unspecified atom stereocenters. The Morgan fingerprint density at radius 2 is 1.91 bits per heavy atom. The minimum Gasteiger partial charge on any atom is -0.493 e. The summed E-state index contributed by atoms with van der Waals surface area (Å²) in [5.41, 5.74) is 0.597. The van der Waals surface area contributed by atoms with Crippen molar-refractivity contribution in [2.24, 2.45) is 0 Å². The molecule has 2 amide bonds. The maximum Gasteiger partial charge on any atom is 0.319 e. The molecular weight excluding hydrogens is 430 g/mol. The number of anilines is 2. The van der Waals surface area contributed by atoms with Crippen LogP contribution in [0.2, 0.25) is 5.02 Å². The molecule has 1 fully saturated rings. The zero-order valence-corrected chi connectivity index (χ0v) is 18.2. The Bertz CT molecular complexity index is 1020. The van der Waals surface area contributed by atoms with E-state index in [0.29, 0.717) is 42.8 Å². The predicted molar refractivity (Wildman–Crippen MR) is 124 cm³/mol. The molecule has 1 aliphatic heterocycles. The fraction of sp³-hybridized carbons (Fsp3) is 0.261. The lowest BCUT2D eigenvalue weighted by atomic mass is 10.1. The molecule has 32 heavy (non-hydrogen) atoms. The minimum atomic E-state index is -0.278. The number of hydrogen-bond acceptors (Lipinski definition) is 6. The van der Waals surface area contributed by atoms with Crippen molar-refractivity contribution in [1.29, 1.82) is 0 Å². The summed E-state index contributed by atoms with van der Waals surface area (Å²) in [5, 5.41) is 6.18. The maximum atomic E-state index is 12.3. The van der Waals surface area contributed by atoms with E-state index in [9.17, 15) is 4.79 Å². The number of nitrogens with one attached hydrogen (secondary N) is 2. The van der Waals surface area contributed by atoms with Gasteiger partial charge in [0.1, 0.15) is 23.6 Å². The number of para-hydroxylation sites is 1. The fourth-order valence-electron chi connectivity index (χ4n) is 3.22. The number of aromatic nitrogens is 2. The summed E-state index contributed by atoms with van der Waals surface area (Å²) in [6, 6.07) is 16.4. The average Bonchev–Trinajstić information content (AvgIpc) is 2.78. The molecule has 0 radical (unpaired) electrons. The Morgan fingerprint density at radius 1 is 1.09 bits per heavy atom. The number of carbonyl (C=O) groups is 1. The molecular formula is C23H24ClN5O3. The lowest BCUT2D eigenvalue weighted by Crippen LogP contribution is -2.60. The molecule has 2 aromatic carbocycles. The molecule has 2 heterocycles. The zero-order valence-electron chi connectivity index (χ0n) is 17.4. The average molecular weight is 454 g/mol. The van der Waals surface area contributed by atoms with Gasteiger partial charge in [-0.25, -0.2) is 14.8 Å². The number of hydrogen-bond donors (Lipinski definition) is 2. The van der Waals surface area contributed by atoms with Gasteiger partial charge in [-0.2, -0.15) is 0 Å². The predicted octanol–water partition coefficient (Wildman–Crippen LogP) is 3.99. The van der Waals surface area contributed by atoms with E-state index in [1.54, 1.807) is 24.4 Å². The van der Waals surface area contributed by atoms with Gasteiger partial charge >= 0.3 is 6.03 Å². The Morgan fingerprint density at radius 3 is 2.66 bits per heavy atom. The smallest absolute Gasteiger partial charge is 0.319 e. The number of nitrogens with zero attached hydrogens (tertiary/aromatic N) is 3. The Kier molecular flexibility index (Phi) is 7.24. The second-order valence-corrected chi connectivity index (χ2v) is 7.68. The van der Waals surface area contributed by atoms with E-state index < -0.39 is 0 Å². The molecule has 0 saturated carbocycles. The van der Waals surface area contributed by atoms with Crippen molar-refractivity contribution in [3.63, 3.8) is 0 Å². The molecule has 2 N–H and O–H groups in total. The number of urea groups is 1. The quantitative estimate of drug-likeness (QED) is 0.476. The number of rotatable bonds is 9. The minimum absolute atomic E-state index is 0.0566. The molecule has 0 aliphatic carbocycles. The van der Waals surface area contributed by atoms with Crippen LogP contribution in [-0.4, -0.2) is 48.3 Å². The molecule has 1 aliphatic rings. The lowest BCUT2D eigenvalue weighted by molar-refractivity contribution is 0.245. The summed E-state index contributed by atoms with van der Waals surface area (Å²) < 4.78 is 11.4. The third-order valence-corrected chi connectivity index (χ3v) is 5.15. The van der Waals surface area contributed by atoms with E-state index in [4.69, 9.17) is 21.1 Å². The monoisotopic (exact) mass is 453 g/mol. The molecule has 9 heteroatoms. The van der Waals surface area contributed by atoms with Crippen LogP contribution in [0.5, 0.6) is 11.5 Å². The summed E-state index contributed by atoms with van der Waals surface area (Å²) in [7, 11) is 0. The number of carbonyl (C=O) groups excluding carboxylic acids is 1. The molecule has 0 spiro atoms. The van der Waals surface area contributed by atoms with Gasteiger partial charge in [-0.05, 0) is 36.4 Å². The summed E-state index contributed by atoms with van der Waals surface area (Å²) in [6.45, 7) is 2.43. The highest BCUT2D eigenvalue weighted by atomic mass is 35.5. The van der Waals surface area contributed by atoms with Gasteiger partial charge in [0, 0.05) is 31.4 Å². The van der Waals surface area contributed by atoms with Crippen LogP contribution in [0.1, 0.15) is 6.42 Å². The van der Waals surface area contributed by atoms with E-state index in [2.05, 4.69) is 25.5 Å². The standard InChI is InChI=1S/C23H24ClN5O3/c24-20-13-17(7-8-21(20)32-12-4-11-31-19-5-2-1-3-6-19)27-23(30)28-18-14-29(15-18)22-9-10-25-16-26-22/h1-3,5-10,13,16,18H,4,11-12,14-15H2,(H2,27,28,30). The summed E-state index contributed by atoms with van der Waals surface area (Å²) >= 11 is 6.31. The van der Waals surface area contributed by atoms with Crippen molar-refractivity contribution in [1.82, 2.24) is 15.3 Å². The highest BCUT2D eigenvalue weighted by Gasteiger charge is 2.28. The van der Waals surface area contributed by atoms with Crippen LogP contribution in [0.3, 0.4) is 0 Å². The topological polar surface area (TPSA) is 88.6 Å². The SMILES string of the molecule is O=C(Nc1ccc(OCCCOc2ccccc2)c(Cl)c1)NC1CN(c2ccncn2)C1. The first-order chi connectivity index (χ1) is 15.7. The van der Waals surface area contributed by atoms with Gasteiger partial charge in [0.15, 0.2) is 0 Å². The van der Waals surface area contributed by atoms with Crippen LogP contribution in [0.15, 0.2) is 67.1 Å². The summed E-state index contributed by atoms with van der Waals surface area (Å²) in [6.07, 6.45) is 3.94. The Balaban J connectivity index is 1.16. The molecule has 0 bridgehead atoms. The molecule has 166 valence electrons. The van der Waals surface area contributed by atoms with Crippen LogP contribution < -0.4 is 25.0 Å². The van der Waals surface area contributed by atoms with Gasteiger partial charge in [-0.3, -0.25) is 0 Å². The van der Waals surface area contributed by atoms with E-state index >= 15 is 0 Å². The first kappa shape index (κ1) is 21.7. The van der Waals surface area contributed by atoms with Crippen LogP contribution in [-0.2, 0) is 0 Å². The molecule has 4 rings (SSSR count). The van der Waals surface area contributed by atoms with Crippen LogP contribution in [0.4, 0.5) is 16.3 Å². The van der Waals surface area contributed by atoms with Gasteiger partial charge in [0.2, 0.25) is 0 Å². The van der Waals surface area contributed by atoms with Crippen molar-refractivity contribution in [2.45, 2.75) is 12.5 Å². The van der Waals surface area contributed by atoms with E-state index in [1.807, 2.05) is 36.4 Å². The lowest BCUT2D eigenvalue weighted by Gasteiger charge is -2.40. The van der Waals surface area contributed by atoms with E-state index in [1.165, 1.54) is 6.33 Å². The maximum absolute atomic E-state index is 12.3. The number of benzene rings is 2. The van der Waals surface area contributed by atoms with Crippen molar-refractivity contribution in [2.75, 3.05) is 36.5 Å². The molecule has 8 nitrogen and oxygen atoms in total. The molecule has 1 saturated heterocycles. The number of ether oxygens (including phenoxy) is 2.